The van der Waals surface area contributed by atoms with Crippen LogP contribution >= 0.6 is 0 Å². The molecule has 1 aromatic carbocycles. The van der Waals surface area contributed by atoms with E-state index < -0.39 is 0 Å². The van der Waals surface area contributed by atoms with Gasteiger partial charge in [0.1, 0.15) is 5.69 Å². The van der Waals surface area contributed by atoms with E-state index in [0.29, 0.717) is 11.7 Å². The summed E-state index contributed by atoms with van der Waals surface area (Å²) in [5.41, 5.74) is 2.17. The molecule has 5 nitrogen and oxygen atoms in total. The summed E-state index contributed by atoms with van der Waals surface area (Å²) in [5.74, 6) is -0.120. The smallest absolute Gasteiger partial charge is 0.206 e. The molecule has 4 rings (SSSR count). The Kier molecular flexibility index (Phi) is 4.29. The normalized spacial score (nSPS) is 15.2. The van der Waals surface area contributed by atoms with Gasteiger partial charge in [-0.2, -0.15) is 10.2 Å². The lowest BCUT2D eigenvalue weighted by atomic mass is 10.2. The van der Waals surface area contributed by atoms with Gasteiger partial charge >= 0.3 is 0 Å². The van der Waals surface area contributed by atoms with Gasteiger partial charge in [0, 0.05) is 12.4 Å². The third-order valence-corrected chi connectivity index (χ3v) is 4.60. The molecule has 0 atom stereocenters. The summed E-state index contributed by atoms with van der Waals surface area (Å²) in [6.45, 7) is 0. The Morgan fingerprint density at radius 3 is 2.60 bits per heavy atom. The summed E-state index contributed by atoms with van der Waals surface area (Å²) < 4.78 is 3.73. The topological polar surface area (TPSA) is 52.7 Å². The van der Waals surface area contributed by atoms with E-state index in [0.717, 1.165) is 11.4 Å². The predicted molar refractivity (Wildman–Crippen MR) is 96.7 cm³/mol. The van der Waals surface area contributed by atoms with Crippen LogP contribution in [0.25, 0.3) is 11.8 Å². The van der Waals surface area contributed by atoms with Crippen LogP contribution in [0.1, 0.15) is 47.9 Å². The van der Waals surface area contributed by atoms with E-state index in [-0.39, 0.29) is 5.78 Å². The van der Waals surface area contributed by atoms with Gasteiger partial charge in [-0.15, -0.1) is 0 Å². The zero-order valence-electron chi connectivity index (χ0n) is 14.0. The first-order valence-electron chi connectivity index (χ1n) is 8.68. The summed E-state index contributed by atoms with van der Waals surface area (Å²) in [4.78, 5) is 12.3. The fraction of sp³-hybridized carbons (Fsp3) is 0.250. The number of rotatable bonds is 5. The molecule has 1 aliphatic carbocycles. The van der Waals surface area contributed by atoms with Crippen LogP contribution in [0, 0.1) is 0 Å². The first kappa shape index (κ1) is 15.6. The van der Waals surface area contributed by atoms with Crippen LogP contribution in [-0.2, 0) is 0 Å². The first-order valence-corrected chi connectivity index (χ1v) is 8.68. The predicted octanol–water partition coefficient (Wildman–Crippen LogP) is 4.08. The second-order valence-electron chi connectivity index (χ2n) is 6.34. The molecule has 3 aromatic rings. The quantitative estimate of drug-likeness (QED) is 0.522. The fourth-order valence-electron chi connectivity index (χ4n) is 3.24. The molecule has 5 heteroatoms. The molecule has 0 bridgehead atoms. The average molecular weight is 332 g/mol. The fourth-order valence-corrected chi connectivity index (χ4v) is 3.24. The number of aromatic nitrogens is 4. The summed E-state index contributed by atoms with van der Waals surface area (Å²) in [6, 6.07) is 13.9. The highest BCUT2D eigenvalue weighted by molar-refractivity contribution is 6.05. The number of carbonyl (C=O) groups is 1. The molecule has 0 radical (unpaired) electrons. The lowest BCUT2D eigenvalue weighted by Crippen LogP contribution is -2.05. The van der Waals surface area contributed by atoms with Gasteiger partial charge in [-0.05, 0) is 49.3 Å². The van der Waals surface area contributed by atoms with Gasteiger partial charge in [-0.25, -0.2) is 4.68 Å². The second kappa shape index (κ2) is 6.89. The molecule has 0 amide bonds. The van der Waals surface area contributed by atoms with E-state index in [9.17, 15) is 4.79 Å². The van der Waals surface area contributed by atoms with Crippen molar-refractivity contribution in [3.8, 4) is 5.69 Å². The van der Waals surface area contributed by atoms with Gasteiger partial charge in [0.15, 0.2) is 0 Å². The Bertz CT molecular complexity index is 885. The van der Waals surface area contributed by atoms with Crippen molar-refractivity contribution in [2.75, 3.05) is 0 Å². The second-order valence-corrected chi connectivity index (χ2v) is 6.34. The van der Waals surface area contributed by atoms with E-state index in [2.05, 4.69) is 10.2 Å². The minimum Gasteiger partial charge on any atom is -0.287 e. The molecule has 0 unspecified atom stereocenters. The van der Waals surface area contributed by atoms with Gasteiger partial charge in [0.05, 0.1) is 17.4 Å². The maximum atomic E-state index is 12.3. The van der Waals surface area contributed by atoms with Gasteiger partial charge in [-0.3, -0.25) is 9.48 Å². The molecular weight excluding hydrogens is 312 g/mol. The molecule has 0 N–H and O–H groups in total. The molecule has 1 saturated carbocycles. The average Bonchev–Trinajstić information content (AvgIpc) is 3.41. The van der Waals surface area contributed by atoms with Crippen molar-refractivity contribution in [1.29, 1.82) is 0 Å². The standard InChI is InChI=1S/C20H20N4O/c25-20(19-13-15-24(22-19)18-6-2-1-3-7-18)11-10-16-12-14-23(21-16)17-8-4-5-9-17/h1-3,6-7,10-15,17H,4-5,8-9H2/b11-10+. The monoisotopic (exact) mass is 332 g/mol. The van der Waals surface area contributed by atoms with E-state index in [1.165, 1.54) is 25.7 Å². The molecule has 2 heterocycles. The van der Waals surface area contributed by atoms with Crippen molar-refractivity contribution >= 4 is 11.9 Å². The van der Waals surface area contributed by atoms with Crippen LogP contribution in [0.2, 0.25) is 0 Å². The molecule has 1 aliphatic rings. The number of carbonyl (C=O) groups excluding carboxylic acids is 1. The van der Waals surface area contributed by atoms with Crippen molar-refractivity contribution in [3.63, 3.8) is 0 Å². The third kappa shape index (κ3) is 3.45. The van der Waals surface area contributed by atoms with E-state index >= 15 is 0 Å². The maximum absolute atomic E-state index is 12.3. The number of para-hydroxylation sites is 1. The molecule has 0 spiro atoms. The minimum atomic E-state index is -0.120. The van der Waals surface area contributed by atoms with Gasteiger partial charge in [0.25, 0.3) is 0 Å². The van der Waals surface area contributed by atoms with Crippen LogP contribution in [0.4, 0.5) is 0 Å². The van der Waals surface area contributed by atoms with Gasteiger partial charge < -0.3 is 0 Å². The van der Waals surface area contributed by atoms with Crippen molar-refractivity contribution in [1.82, 2.24) is 19.6 Å². The lowest BCUT2D eigenvalue weighted by Gasteiger charge is -2.08. The number of hydrogen-bond donors (Lipinski definition) is 0. The zero-order chi connectivity index (χ0) is 17.1. The number of ketones is 1. The molecule has 25 heavy (non-hydrogen) atoms. The third-order valence-electron chi connectivity index (χ3n) is 4.60. The zero-order valence-corrected chi connectivity index (χ0v) is 14.0. The minimum absolute atomic E-state index is 0.120. The Morgan fingerprint density at radius 2 is 1.80 bits per heavy atom. The Balaban J connectivity index is 1.45. The highest BCUT2D eigenvalue weighted by Gasteiger charge is 2.17. The largest absolute Gasteiger partial charge is 0.287 e. The summed E-state index contributed by atoms with van der Waals surface area (Å²) in [6.07, 6.45) is 12.0. The van der Waals surface area contributed by atoms with Gasteiger partial charge in [-0.1, -0.05) is 31.0 Å². The Hall–Kier alpha value is -2.95. The highest BCUT2D eigenvalue weighted by atomic mass is 16.1. The van der Waals surface area contributed by atoms with Crippen molar-refractivity contribution in [2.24, 2.45) is 0 Å². The number of nitrogens with zero attached hydrogens (tertiary/aromatic N) is 4. The number of benzene rings is 1. The Labute approximate surface area is 146 Å². The van der Waals surface area contributed by atoms with Crippen LogP contribution < -0.4 is 0 Å². The van der Waals surface area contributed by atoms with Crippen molar-refractivity contribution in [2.45, 2.75) is 31.7 Å². The van der Waals surface area contributed by atoms with Crippen LogP contribution in [-0.4, -0.2) is 25.3 Å². The van der Waals surface area contributed by atoms with Crippen molar-refractivity contribution < 1.29 is 4.79 Å². The molecule has 2 aromatic heterocycles. The number of allylic oxidation sites excluding steroid dienone is 1. The van der Waals surface area contributed by atoms with E-state index in [4.69, 9.17) is 0 Å². The molecule has 1 fully saturated rings. The molecule has 0 saturated heterocycles. The van der Waals surface area contributed by atoms with Gasteiger partial charge in [0.2, 0.25) is 5.78 Å². The Morgan fingerprint density at radius 1 is 1.00 bits per heavy atom. The highest BCUT2D eigenvalue weighted by Crippen LogP contribution is 2.28. The first-order chi connectivity index (χ1) is 12.3. The lowest BCUT2D eigenvalue weighted by molar-refractivity contribution is 0.104. The number of hydrogen-bond acceptors (Lipinski definition) is 3. The van der Waals surface area contributed by atoms with E-state index in [1.54, 1.807) is 29.1 Å². The van der Waals surface area contributed by atoms with Crippen LogP contribution in [0.3, 0.4) is 0 Å². The van der Waals surface area contributed by atoms with Crippen LogP contribution in [0.15, 0.2) is 60.9 Å². The summed E-state index contributed by atoms with van der Waals surface area (Å²) in [7, 11) is 0. The van der Waals surface area contributed by atoms with Crippen molar-refractivity contribution in [3.05, 3.63) is 72.3 Å². The SMILES string of the molecule is O=C(/C=C/c1ccn(C2CCCC2)n1)c1ccn(-c2ccccc2)n1. The summed E-state index contributed by atoms with van der Waals surface area (Å²) in [5, 5.41) is 8.91. The summed E-state index contributed by atoms with van der Waals surface area (Å²) >= 11 is 0. The molecule has 126 valence electrons. The molecular formula is C20H20N4O. The van der Waals surface area contributed by atoms with Crippen LogP contribution in [0.5, 0.6) is 0 Å². The maximum Gasteiger partial charge on any atom is 0.206 e. The van der Waals surface area contributed by atoms with E-state index in [1.807, 2.05) is 47.3 Å². The molecule has 0 aliphatic heterocycles.